The summed E-state index contributed by atoms with van der Waals surface area (Å²) in [4.78, 5) is 3.72. The molecule has 214 valence electrons. The summed E-state index contributed by atoms with van der Waals surface area (Å²) in [6.07, 6.45) is 4.97. The Kier molecular flexibility index (Phi) is 5.17. The molecule has 0 radical (unpaired) electrons. The maximum atomic E-state index is 3.72. The van der Waals surface area contributed by atoms with Crippen molar-refractivity contribution in [3.8, 4) is 16.8 Å². The highest BCUT2D eigenvalue weighted by molar-refractivity contribution is 6.10. The summed E-state index contributed by atoms with van der Waals surface area (Å²) >= 11 is 0. The van der Waals surface area contributed by atoms with E-state index < -0.39 is 0 Å². The van der Waals surface area contributed by atoms with Crippen LogP contribution in [-0.2, 0) is 10.8 Å². The van der Waals surface area contributed by atoms with Crippen molar-refractivity contribution >= 4 is 38.8 Å². The average molecular weight is 569 g/mol. The van der Waals surface area contributed by atoms with Gasteiger partial charge in [-0.25, -0.2) is 0 Å². The normalized spacial score (nSPS) is 19.6. The second kappa shape index (κ2) is 8.86. The lowest BCUT2D eigenvalue weighted by atomic mass is 9.49. The van der Waals surface area contributed by atoms with Crippen molar-refractivity contribution in [3.63, 3.8) is 0 Å². The first kappa shape index (κ1) is 25.7. The second-order valence-electron chi connectivity index (χ2n) is 14.0. The Hall–Kier alpha value is -4.82. The third-order valence-electron chi connectivity index (χ3n) is 10.9. The molecule has 2 aliphatic rings. The van der Waals surface area contributed by atoms with E-state index in [0.717, 1.165) is 0 Å². The predicted octanol–water partition coefficient (Wildman–Crippen LogP) is 10.9. The molecule has 0 amide bonds. The summed E-state index contributed by atoms with van der Waals surface area (Å²) in [7, 11) is 0. The van der Waals surface area contributed by atoms with Gasteiger partial charge >= 0.3 is 0 Å². The largest absolute Gasteiger partial charge is 0.355 e. The molecule has 0 saturated heterocycles. The molecule has 2 aliphatic carbocycles. The van der Waals surface area contributed by atoms with Gasteiger partial charge in [0.05, 0.1) is 11.2 Å². The molecule has 7 aromatic rings. The highest BCUT2D eigenvalue weighted by Gasteiger charge is 2.53. The Morgan fingerprint density at radius 1 is 0.614 bits per heavy atom. The average Bonchev–Trinajstić information content (AvgIpc) is 3.60. The quantitative estimate of drug-likeness (QED) is 0.214. The fourth-order valence-electron chi connectivity index (χ4n) is 8.92. The number of H-pyrrole nitrogens is 1. The number of nitrogens with zero attached hydrogens (tertiary/aromatic N) is 1. The predicted molar refractivity (Wildman–Crippen MR) is 186 cm³/mol. The number of para-hydroxylation sites is 2. The minimum atomic E-state index is -0.0757. The lowest BCUT2D eigenvalue weighted by Crippen LogP contribution is -2.48. The first-order valence-corrected chi connectivity index (χ1v) is 15.9. The molecular formula is C42H36N2. The maximum absolute atomic E-state index is 3.72. The van der Waals surface area contributed by atoms with Gasteiger partial charge in [0.25, 0.3) is 0 Å². The van der Waals surface area contributed by atoms with Crippen LogP contribution >= 0.6 is 0 Å². The van der Waals surface area contributed by atoms with Crippen LogP contribution in [0.25, 0.3) is 55.6 Å². The van der Waals surface area contributed by atoms with Crippen LogP contribution in [-0.4, -0.2) is 9.55 Å². The van der Waals surface area contributed by atoms with E-state index in [0.29, 0.717) is 11.8 Å². The van der Waals surface area contributed by atoms with Crippen molar-refractivity contribution in [3.05, 3.63) is 144 Å². The van der Waals surface area contributed by atoms with Gasteiger partial charge in [-0.3, -0.25) is 0 Å². The van der Waals surface area contributed by atoms with Crippen LogP contribution in [0, 0.1) is 5.92 Å². The van der Waals surface area contributed by atoms with E-state index in [1.54, 1.807) is 0 Å². The molecule has 2 heterocycles. The molecule has 0 fully saturated rings. The zero-order valence-corrected chi connectivity index (χ0v) is 25.7. The van der Waals surface area contributed by atoms with E-state index in [-0.39, 0.29) is 10.8 Å². The number of aromatic nitrogens is 2. The fraction of sp³-hybridized carbons (Fsp3) is 0.190. The third-order valence-corrected chi connectivity index (χ3v) is 10.9. The van der Waals surface area contributed by atoms with E-state index >= 15 is 0 Å². The molecule has 0 bridgehead atoms. The molecule has 44 heavy (non-hydrogen) atoms. The lowest BCUT2D eigenvalue weighted by Gasteiger charge is -2.54. The van der Waals surface area contributed by atoms with Crippen LogP contribution in [0.1, 0.15) is 56.0 Å². The minimum absolute atomic E-state index is 0.0608. The summed E-state index contributed by atoms with van der Waals surface area (Å²) in [6, 6.07) is 42.3. The third kappa shape index (κ3) is 3.31. The molecule has 2 nitrogen and oxygen atoms in total. The topological polar surface area (TPSA) is 20.7 Å². The molecule has 2 atom stereocenters. The molecule has 1 N–H and O–H groups in total. The summed E-state index contributed by atoms with van der Waals surface area (Å²) in [5.74, 6) is 0.693. The smallest absolute Gasteiger partial charge is 0.0537 e. The first-order chi connectivity index (χ1) is 21.4. The fourth-order valence-corrected chi connectivity index (χ4v) is 8.92. The Morgan fingerprint density at radius 2 is 1.30 bits per heavy atom. The van der Waals surface area contributed by atoms with Crippen molar-refractivity contribution in [1.29, 1.82) is 0 Å². The number of hydrogen-bond acceptors (Lipinski definition) is 0. The highest BCUT2D eigenvalue weighted by atomic mass is 15.0. The van der Waals surface area contributed by atoms with Crippen LogP contribution in [0.3, 0.4) is 0 Å². The van der Waals surface area contributed by atoms with Gasteiger partial charge in [0.2, 0.25) is 0 Å². The highest BCUT2D eigenvalue weighted by Crippen LogP contribution is 2.62. The van der Waals surface area contributed by atoms with Crippen LogP contribution in [0.15, 0.2) is 121 Å². The monoisotopic (exact) mass is 568 g/mol. The number of allylic oxidation sites excluding steroid dienone is 1. The van der Waals surface area contributed by atoms with Crippen LogP contribution in [0.5, 0.6) is 0 Å². The van der Waals surface area contributed by atoms with Crippen molar-refractivity contribution < 1.29 is 0 Å². The van der Waals surface area contributed by atoms with Crippen molar-refractivity contribution in [2.75, 3.05) is 0 Å². The summed E-state index contributed by atoms with van der Waals surface area (Å²) in [5, 5.41) is 4.10. The first-order valence-electron chi connectivity index (χ1n) is 15.9. The molecule has 0 spiro atoms. The Balaban J connectivity index is 1.28. The summed E-state index contributed by atoms with van der Waals surface area (Å²) in [5.41, 5.74) is 13.1. The SMILES string of the molecule is CC1(C)c2c(ccc3[nH]c4ccccc4c23)C(C)(C)C2c3c(n(-c4ccc(-c5ccccc5)cc4)c4ccccc34)C=CC21. The van der Waals surface area contributed by atoms with Gasteiger partial charge in [-0.1, -0.05) is 119 Å². The number of hydrogen-bond donors (Lipinski definition) is 1. The Labute approximate surface area is 258 Å². The molecule has 2 unspecified atom stereocenters. The Bertz CT molecular complexity index is 2270. The summed E-state index contributed by atoms with van der Waals surface area (Å²) in [6.45, 7) is 9.94. The maximum Gasteiger partial charge on any atom is 0.0537 e. The second-order valence-corrected chi connectivity index (χ2v) is 14.0. The van der Waals surface area contributed by atoms with E-state index in [1.807, 2.05) is 0 Å². The number of fused-ring (bicyclic) bond motifs is 10. The van der Waals surface area contributed by atoms with E-state index in [2.05, 4.69) is 165 Å². The zero-order chi connectivity index (χ0) is 29.8. The molecule has 0 aliphatic heterocycles. The summed E-state index contributed by atoms with van der Waals surface area (Å²) < 4.78 is 2.49. The van der Waals surface area contributed by atoms with Crippen LogP contribution in [0.4, 0.5) is 0 Å². The number of benzene rings is 5. The molecule has 2 aromatic heterocycles. The van der Waals surface area contributed by atoms with Gasteiger partial charge in [0.1, 0.15) is 0 Å². The minimum Gasteiger partial charge on any atom is -0.355 e. The van der Waals surface area contributed by atoms with Gasteiger partial charge in [-0.05, 0) is 81.0 Å². The molecule has 2 heteroatoms. The van der Waals surface area contributed by atoms with Crippen LogP contribution in [0.2, 0.25) is 0 Å². The van der Waals surface area contributed by atoms with Gasteiger partial charge in [0.15, 0.2) is 0 Å². The van der Waals surface area contributed by atoms with E-state index in [4.69, 9.17) is 0 Å². The van der Waals surface area contributed by atoms with Crippen LogP contribution < -0.4 is 0 Å². The van der Waals surface area contributed by atoms with E-state index in [1.165, 1.54) is 71.9 Å². The van der Waals surface area contributed by atoms with Gasteiger partial charge < -0.3 is 9.55 Å². The number of rotatable bonds is 2. The molecule has 5 aromatic carbocycles. The van der Waals surface area contributed by atoms with Crippen molar-refractivity contribution in [1.82, 2.24) is 9.55 Å². The Morgan fingerprint density at radius 3 is 2.09 bits per heavy atom. The lowest BCUT2D eigenvalue weighted by molar-refractivity contribution is 0.215. The number of aromatic amines is 1. The van der Waals surface area contributed by atoms with Crippen molar-refractivity contribution in [2.45, 2.75) is 44.4 Å². The van der Waals surface area contributed by atoms with Gasteiger partial charge in [-0.15, -0.1) is 0 Å². The number of nitrogens with one attached hydrogen (secondary N) is 1. The molecular weight excluding hydrogens is 532 g/mol. The van der Waals surface area contributed by atoms with Gasteiger partial charge in [0, 0.05) is 38.8 Å². The molecule has 0 saturated carbocycles. The standard InChI is InChI=1S/C42H36N2/c1-41(2)32-23-25-36-38(40(32)42(3,4)31-22-24-34-37(39(31)41)29-14-8-10-16-33(29)43-34)30-15-9-11-17-35(30)44(36)28-20-18-27(19-21-28)26-12-6-5-7-13-26/h5-25,32,40,43H,1-4H3. The molecule has 9 rings (SSSR count). The van der Waals surface area contributed by atoms with Gasteiger partial charge in [-0.2, -0.15) is 0 Å². The zero-order valence-electron chi connectivity index (χ0n) is 25.7. The van der Waals surface area contributed by atoms with E-state index in [9.17, 15) is 0 Å². The van der Waals surface area contributed by atoms with Crippen molar-refractivity contribution in [2.24, 2.45) is 5.92 Å².